The molecule has 2 fully saturated rings. The highest BCUT2D eigenvalue weighted by Gasteiger charge is 2.33. The van der Waals surface area contributed by atoms with Crippen LogP contribution in [0.2, 0.25) is 0 Å². The summed E-state index contributed by atoms with van der Waals surface area (Å²) in [6.45, 7) is 7.85. The molecule has 15 heavy (non-hydrogen) atoms. The summed E-state index contributed by atoms with van der Waals surface area (Å²) in [5.41, 5.74) is 0. The van der Waals surface area contributed by atoms with Gasteiger partial charge >= 0.3 is 0 Å². The Labute approximate surface area is 93.2 Å². The fraction of sp³-hybridized carbons (Fsp3) is 1.00. The van der Waals surface area contributed by atoms with Gasteiger partial charge in [-0.15, -0.1) is 0 Å². The van der Waals surface area contributed by atoms with E-state index in [0.29, 0.717) is 12.1 Å². The molecule has 3 heteroatoms. The largest absolute Gasteiger partial charge is 0.375 e. The third-order valence-electron chi connectivity index (χ3n) is 3.62. The molecule has 1 N–H and O–H groups in total. The van der Waals surface area contributed by atoms with Crippen molar-refractivity contribution in [3.05, 3.63) is 0 Å². The van der Waals surface area contributed by atoms with E-state index in [1.807, 2.05) is 0 Å². The lowest BCUT2D eigenvalue weighted by molar-refractivity contribution is -0.0825. The molecule has 2 saturated heterocycles. The molecule has 2 heterocycles. The van der Waals surface area contributed by atoms with Crippen molar-refractivity contribution in [3.63, 3.8) is 0 Å². The summed E-state index contributed by atoms with van der Waals surface area (Å²) < 4.78 is 5.84. The van der Waals surface area contributed by atoms with Gasteiger partial charge in [-0.2, -0.15) is 0 Å². The Bertz CT molecular complexity index is 184. The van der Waals surface area contributed by atoms with Crippen molar-refractivity contribution in [1.82, 2.24) is 10.2 Å². The topological polar surface area (TPSA) is 24.5 Å². The molecule has 3 nitrogen and oxygen atoms in total. The summed E-state index contributed by atoms with van der Waals surface area (Å²) in [7, 11) is 0. The first kappa shape index (κ1) is 11.4. The van der Waals surface area contributed by atoms with Gasteiger partial charge in [0.1, 0.15) is 0 Å². The van der Waals surface area contributed by atoms with Crippen LogP contribution in [0.15, 0.2) is 0 Å². The molecule has 0 bridgehead atoms. The monoisotopic (exact) mass is 212 g/mol. The van der Waals surface area contributed by atoms with Gasteiger partial charge in [-0.1, -0.05) is 19.8 Å². The van der Waals surface area contributed by atoms with Gasteiger partial charge in [0.25, 0.3) is 0 Å². The molecule has 0 amide bonds. The van der Waals surface area contributed by atoms with E-state index in [9.17, 15) is 0 Å². The van der Waals surface area contributed by atoms with E-state index in [1.165, 1.54) is 32.2 Å². The molecule has 0 saturated carbocycles. The maximum atomic E-state index is 5.84. The number of ether oxygens (including phenoxy) is 1. The van der Waals surface area contributed by atoms with Crippen LogP contribution in [0.4, 0.5) is 0 Å². The minimum absolute atomic E-state index is 0.502. The lowest BCUT2D eigenvalue weighted by atomic mass is 10.00. The Hall–Kier alpha value is -0.120. The number of fused-ring (bicyclic) bond motifs is 1. The summed E-state index contributed by atoms with van der Waals surface area (Å²) in [5.74, 6) is 0. The van der Waals surface area contributed by atoms with Gasteiger partial charge in [-0.25, -0.2) is 0 Å². The smallest absolute Gasteiger partial charge is 0.0755 e. The second kappa shape index (κ2) is 5.83. The van der Waals surface area contributed by atoms with E-state index in [-0.39, 0.29) is 0 Å². The van der Waals surface area contributed by atoms with E-state index in [2.05, 4.69) is 17.1 Å². The number of unbranched alkanes of at least 4 members (excludes halogenated alkanes) is 2. The molecular formula is C12H24N2O. The normalized spacial score (nSPS) is 32.6. The zero-order chi connectivity index (χ0) is 10.5. The van der Waals surface area contributed by atoms with Crippen molar-refractivity contribution in [2.75, 3.05) is 32.8 Å². The number of hydrogen-bond acceptors (Lipinski definition) is 3. The average Bonchev–Trinajstić information content (AvgIpc) is 2.30. The molecule has 0 radical (unpaired) electrons. The number of piperidine rings is 1. The maximum Gasteiger partial charge on any atom is 0.0755 e. The molecule has 0 aliphatic carbocycles. The molecule has 0 aromatic rings. The van der Waals surface area contributed by atoms with Crippen molar-refractivity contribution in [1.29, 1.82) is 0 Å². The van der Waals surface area contributed by atoms with Gasteiger partial charge < -0.3 is 10.1 Å². The Morgan fingerprint density at radius 1 is 1.40 bits per heavy atom. The molecule has 0 aromatic heterocycles. The van der Waals surface area contributed by atoms with Gasteiger partial charge in [0, 0.05) is 19.1 Å². The van der Waals surface area contributed by atoms with E-state index in [1.54, 1.807) is 0 Å². The number of rotatable bonds is 4. The highest BCUT2D eigenvalue weighted by atomic mass is 16.5. The average molecular weight is 212 g/mol. The minimum Gasteiger partial charge on any atom is -0.375 e. The number of nitrogens with zero attached hydrogens (tertiary/aromatic N) is 1. The van der Waals surface area contributed by atoms with Gasteiger partial charge in [-0.3, -0.25) is 4.90 Å². The lowest BCUT2D eigenvalue weighted by Gasteiger charge is -2.44. The molecular weight excluding hydrogens is 188 g/mol. The Kier molecular flexibility index (Phi) is 4.42. The van der Waals surface area contributed by atoms with Crippen LogP contribution in [0.25, 0.3) is 0 Å². The SMILES string of the molecule is CCCCCN1CCO[C@H]2CCNC[C@H]21. The fourth-order valence-electron chi connectivity index (χ4n) is 2.71. The Morgan fingerprint density at radius 3 is 3.20 bits per heavy atom. The van der Waals surface area contributed by atoms with Crippen LogP contribution in [0.3, 0.4) is 0 Å². The first-order chi connectivity index (χ1) is 7.42. The van der Waals surface area contributed by atoms with Crippen molar-refractivity contribution in [3.8, 4) is 0 Å². The second-order valence-corrected chi connectivity index (χ2v) is 4.71. The predicted molar refractivity (Wildman–Crippen MR) is 62.1 cm³/mol. The molecule has 0 spiro atoms. The van der Waals surface area contributed by atoms with Gasteiger partial charge in [0.2, 0.25) is 0 Å². The van der Waals surface area contributed by atoms with Crippen LogP contribution < -0.4 is 5.32 Å². The van der Waals surface area contributed by atoms with Crippen LogP contribution >= 0.6 is 0 Å². The first-order valence-corrected chi connectivity index (χ1v) is 6.48. The third-order valence-corrected chi connectivity index (χ3v) is 3.62. The lowest BCUT2D eigenvalue weighted by Crippen LogP contribution is -2.59. The number of nitrogens with one attached hydrogen (secondary N) is 1. The van der Waals surface area contributed by atoms with E-state index < -0.39 is 0 Å². The molecule has 0 unspecified atom stereocenters. The van der Waals surface area contributed by atoms with E-state index in [0.717, 1.165) is 26.2 Å². The fourth-order valence-corrected chi connectivity index (χ4v) is 2.71. The van der Waals surface area contributed by atoms with Crippen molar-refractivity contribution >= 4 is 0 Å². The van der Waals surface area contributed by atoms with Crippen molar-refractivity contribution < 1.29 is 4.74 Å². The highest BCUT2D eigenvalue weighted by Crippen LogP contribution is 2.19. The Morgan fingerprint density at radius 2 is 2.33 bits per heavy atom. The summed E-state index contributed by atoms with van der Waals surface area (Å²) in [5, 5.41) is 3.48. The van der Waals surface area contributed by atoms with E-state index >= 15 is 0 Å². The number of hydrogen-bond donors (Lipinski definition) is 1. The van der Waals surface area contributed by atoms with Crippen LogP contribution in [-0.2, 0) is 4.74 Å². The summed E-state index contributed by atoms with van der Waals surface area (Å²) >= 11 is 0. The van der Waals surface area contributed by atoms with Crippen LogP contribution in [0, 0.1) is 0 Å². The van der Waals surface area contributed by atoms with E-state index in [4.69, 9.17) is 4.74 Å². The van der Waals surface area contributed by atoms with Crippen LogP contribution in [0.5, 0.6) is 0 Å². The molecule has 2 aliphatic heterocycles. The highest BCUT2D eigenvalue weighted by molar-refractivity contribution is 4.89. The van der Waals surface area contributed by atoms with Crippen LogP contribution in [0.1, 0.15) is 32.6 Å². The summed E-state index contributed by atoms with van der Waals surface area (Å²) in [6, 6.07) is 0.643. The molecule has 2 aliphatic rings. The minimum atomic E-state index is 0.502. The summed E-state index contributed by atoms with van der Waals surface area (Å²) in [6.07, 6.45) is 5.72. The second-order valence-electron chi connectivity index (χ2n) is 4.71. The molecule has 0 aromatic carbocycles. The van der Waals surface area contributed by atoms with Crippen molar-refractivity contribution in [2.24, 2.45) is 0 Å². The predicted octanol–water partition coefficient (Wildman–Crippen LogP) is 1.24. The zero-order valence-electron chi connectivity index (χ0n) is 9.87. The quantitative estimate of drug-likeness (QED) is 0.710. The van der Waals surface area contributed by atoms with Crippen LogP contribution in [-0.4, -0.2) is 49.8 Å². The van der Waals surface area contributed by atoms with Gasteiger partial charge in [0.05, 0.1) is 12.7 Å². The third kappa shape index (κ3) is 2.92. The van der Waals surface area contributed by atoms with Crippen molar-refractivity contribution in [2.45, 2.75) is 44.8 Å². The first-order valence-electron chi connectivity index (χ1n) is 6.48. The Balaban J connectivity index is 1.81. The summed E-state index contributed by atoms with van der Waals surface area (Å²) in [4.78, 5) is 2.63. The maximum absolute atomic E-state index is 5.84. The van der Waals surface area contributed by atoms with Gasteiger partial charge in [-0.05, 0) is 25.9 Å². The zero-order valence-corrected chi connectivity index (χ0v) is 9.87. The molecule has 88 valence electrons. The standard InChI is InChI=1S/C12H24N2O/c1-2-3-4-7-14-8-9-15-12-5-6-13-10-11(12)14/h11-13H,2-10H2,1H3/t11-,12+/m1/s1. The van der Waals surface area contributed by atoms with Gasteiger partial charge in [0.15, 0.2) is 0 Å². The molecule has 2 atom stereocenters. The number of morpholine rings is 1. The molecule has 2 rings (SSSR count).